The molecule has 8 heteroatoms. The minimum atomic E-state index is 0.101. The molecule has 0 aromatic heterocycles. The third kappa shape index (κ3) is 6.92. The van der Waals surface area contributed by atoms with E-state index < -0.39 is 0 Å². The second-order valence-corrected chi connectivity index (χ2v) is 6.97. The van der Waals surface area contributed by atoms with Crippen molar-refractivity contribution in [3.8, 4) is 11.5 Å². The molecule has 0 atom stereocenters. The van der Waals surface area contributed by atoms with E-state index in [-0.39, 0.29) is 11.7 Å². The zero-order chi connectivity index (χ0) is 20.4. The third-order valence-electron chi connectivity index (χ3n) is 4.82. The Bertz CT molecular complexity index is 657. The first-order valence-electron chi connectivity index (χ1n) is 9.87. The lowest BCUT2D eigenvalue weighted by molar-refractivity contribution is -0.122. The average Bonchev–Trinajstić information content (AvgIpc) is 2.71. The van der Waals surface area contributed by atoms with Crippen molar-refractivity contribution in [3.63, 3.8) is 0 Å². The number of carbonyl (C=O) groups is 1. The third-order valence-corrected chi connectivity index (χ3v) is 4.82. The number of hydrogen-bond donors (Lipinski definition) is 4. The molecule has 1 aliphatic heterocycles. The number of phenols is 1. The Morgan fingerprint density at radius 3 is 2.71 bits per heavy atom. The van der Waals surface area contributed by atoms with Crippen molar-refractivity contribution in [2.75, 3.05) is 40.3 Å². The molecule has 1 aromatic rings. The number of amides is 1. The number of rotatable bonds is 8. The predicted octanol–water partition coefficient (Wildman–Crippen LogP) is 1.06. The number of hydrogen-bond acceptors (Lipinski definition) is 5. The van der Waals surface area contributed by atoms with Crippen LogP contribution in [0.15, 0.2) is 23.2 Å². The quantitative estimate of drug-likeness (QED) is 0.391. The van der Waals surface area contributed by atoms with Crippen LogP contribution in [0.5, 0.6) is 11.5 Å². The normalized spacial score (nSPS) is 15.9. The van der Waals surface area contributed by atoms with Gasteiger partial charge in [-0.05, 0) is 37.5 Å². The predicted molar refractivity (Wildman–Crippen MR) is 111 cm³/mol. The summed E-state index contributed by atoms with van der Waals surface area (Å²) in [5.41, 5.74) is 0.746. The van der Waals surface area contributed by atoms with E-state index in [1.165, 1.54) is 0 Å². The number of benzene rings is 1. The highest BCUT2D eigenvalue weighted by molar-refractivity contribution is 5.80. The molecule has 0 unspecified atom stereocenters. The van der Waals surface area contributed by atoms with Gasteiger partial charge in [-0.15, -0.1) is 0 Å². The minimum absolute atomic E-state index is 0.101. The second-order valence-electron chi connectivity index (χ2n) is 6.97. The molecular formula is C20H33N5O3. The number of nitrogens with zero attached hydrogens (tertiary/aromatic N) is 2. The number of guanidine groups is 1. The van der Waals surface area contributed by atoms with Gasteiger partial charge in [0.1, 0.15) is 11.5 Å². The Morgan fingerprint density at radius 2 is 2.07 bits per heavy atom. The van der Waals surface area contributed by atoms with Crippen molar-refractivity contribution >= 4 is 11.9 Å². The van der Waals surface area contributed by atoms with Crippen LogP contribution in [0.4, 0.5) is 0 Å². The summed E-state index contributed by atoms with van der Waals surface area (Å²) in [6.07, 6.45) is 2.86. The van der Waals surface area contributed by atoms with Gasteiger partial charge >= 0.3 is 0 Å². The van der Waals surface area contributed by atoms with Crippen molar-refractivity contribution < 1.29 is 14.6 Å². The van der Waals surface area contributed by atoms with E-state index >= 15 is 0 Å². The van der Waals surface area contributed by atoms with E-state index in [4.69, 9.17) is 4.74 Å². The summed E-state index contributed by atoms with van der Waals surface area (Å²) in [6, 6.07) is 5.46. The Hall–Kier alpha value is -2.48. The lowest BCUT2D eigenvalue weighted by Gasteiger charge is -2.32. The van der Waals surface area contributed by atoms with Gasteiger partial charge in [-0.1, -0.05) is 6.92 Å². The van der Waals surface area contributed by atoms with Gasteiger partial charge in [0, 0.05) is 44.8 Å². The molecule has 0 radical (unpaired) electrons. The number of phenolic OH excluding ortho intramolecular Hbond substituents is 1. The van der Waals surface area contributed by atoms with Crippen LogP contribution >= 0.6 is 0 Å². The van der Waals surface area contributed by atoms with E-state index in [2.05, 4.69) is 25.8 Å². The van der Waals surface area contributed by atoms with E-state index in [9.17, 15) is 9.90 Å². The van der Waals surface area contributed by atoms with Gasteiger partial charge in [-0.25, -0.2) is 0 Å². The molecule has 0 bridgehead atoms. The number of piperidine rings is 1. The van der Waals surface area contributed by atoms with E-state index in [1.807, 2.05) is 6.92 Å². The Balaban J connectivity index is 1.76. The molecular weight excluding hydrogens is 358 g/mol. The molecule has 28 heavy (non-hydrogen) atoms. The molecule has 1 fully saturated rings. The molecule has 1 aliphatic rings. The zero-order valence-corrected chi connectivity index (χ0v) is 17.1. The largest absolute Gasteiger partial charge is 0.508 e. The maximum absolute atomic E-state index is 11.8. The summed E-state index contributed by atoms with van der Waals surface area (Å²) in [7, 11) is 3.33. The monoisotopic (exact) mass is 391 g/mol. The number of methoxy groups -OCH3 is 1. The zero-order valence-electron chi connectivity index (χ0n) is 17.1. The summed E-state index contributed by atoms with van der Waals surface area (Å²) in [5.74, 6) is 1.72. The van der Waals surface area contributed by atoms with Crippen LogP contribution in [0.1, 0.15) is 31.7 Å². The van der Waals surface area contributed by atoms with Gasteiger partial charge in [0.2, 0.25) is 5.91 Å². The molecule has 0 spiro atoms. The van der Waals surface area contributed by atoms with Gasteiger partial charge in [0.05, 0.1) is 13.7 Å². The number of carbonyl (C=O) groups excluding carboxylic acids is 1. The molecule has 1 saturated heterocycles. The first-order valence-corrected chi connectivity index (χ1v) is 9.87. The van der Waals surface area contributed by atoms with Gasteiger partial charge < -0.3 is 25.8 Å². The fourth-order valence-electron chi connectivity index (χ4n) is 3.16. The maximum atomic E-state index is 11.8. The van der Waals surface area contributed by atoms with Crippen molar-refractivity contribution in [3.05, 3.63) is 23.8 Å². The fourth-order valence-corrected chi connectivity index (χ4v) is 3.16. The van der Waals surface area contributed by atoms with Crippen LogP contribution < -0.4 is 20.7 Å². The summed E-state index contributed by atoms with van der Waals surface area (Å²) >= 11 is 0. The molecule has 2 rings (SSSR count). The maximum Gasteiger partial charge on any atom is 0.234 e. The SMILES string of the molecule is CCCNC(=O)CN1CCC(NC(=NC)NCc2cc(OC)ccc2O)CC1. The van der Waals surface area contributed by atoms with Crippen LogP contribution in [0.2, 0.25) is 0 Å². The van der Waals surface area contributed by atoms with Crippen LogP contribution in [0, 0.1) is 0 Å². The highest BCUT2D eigenvalue weighted by Crippen LogP contribution is 2.22. The average molecular weight is 392 g/mol. The van der Waals surface area contributed by atoms with Crippen molar-refractivity contribution in [2.45, 2.75) is 38.8 Å². The number of nitrogens with one attached hydrogen (secondary N) is 3. The highest BCUT2D eigenvalue weighted by atomic mass is 16.5. The Labute approximate surface area is 167 Å². The lowest BCUT2D eigenvalue weighted by Crippen LogP contribution is -2.50. The molecule has 4 N–H and O–H groups in total. The molecule has 8 nitrogen and oxygen atoms in total. The van der Waals surface area contributed by atoms with Crippen LogP contribution in [0.3, 0.4) is 0 Å². The van der Waals surface area contributed by atoms with E-state index in [0.717, 1.165) is 44.5 Å². The van der Waals surface area contributed by atoms with Gasteiger partial charge in [-0.3, -0.25) is 14.7 Å². The number of aliphatic imine (C=N–C) groups is 1. The van der Waals surface area contributed by atoms with E-state index in [1.54, 1.807) is 32.4 Å². The van der Waals surface area contributed by atoms with Crippen LogP contribution in [0.25, 0.3) is 0 Å². The topological polar surface area (TPSA) is 98.2 Å². The number of likely N-dealkylation sites (tertiary alicyclic amines) is 1. The van der Waals surface area contributed by atoms with Crippen molar-refractivity contribution in [2.24, 2.45) is 4.99 Å². The minimum Gasteiger partial charge on any atom is -0.508 e. The van der Waals surface area contributed by atoms with Gasteiger partial charge in [0.25, 0.3) is 0 Å². The first-order chi connectivity index (χ1) is 13.5. The highest BCUT2D eigenvalue weighted by Gasteiger charge is 2.21. The van der Waals surface area contributed by atoms with Crippen LogP contribution in [-0.2, 0) is 11.3 Å². The summed E-state index contributed by atoms with van der Waals surface area (Å²) < 4.78 is 5.21. The molecule has 1 amide bonds. The molecule has 156 valence electrons. The Kier molecular flexibility index (Phi) is 8.87. The Morgan fingerprint density at radius 1 is 1.32 bits per heavy atom. The summed E-state index contributed by atoms with van der Waals surface area (Å²) in [6.45, 7) is 5.46. The summed E-state index contributed by atoms with van der Waals surface area (Å²) in [4.78, 5) is 18.3. The van der Waals surface area contributed by atoms with Gasteiger partial charge in [0.15, 0.2) is 5.96 Å². The van der Waals surface area contributed by atoms with Crippen molar-refractivity contribution in [1.29, 1.82) is 0 Å². The van der Waals surface area contributed by atoms with Gasteiger partial charge in [-0.2, -0.15) is 0 Å². The molecule has 1 heterocycles. The number of ether oxygens (including phenoxy) is 1. The van der Waals surface area contributed by atoms with E-state index in [0.29, 0.717) is 30.8 Å². The molecule has 1 aromatic carbocycles. The van der Waals surface area contributed by atoms with Crippen molar-refractivity contribution in [1.82, 2.24) is 20.9 Å². The first kappa shape index (κ1) is 21.8. The summed E-state index contributed by atoms with van der Waals surface area (Å²) in [5, 5.41) is 19.6. The lowest BCUT2D eigenvalue weighted by atomic mass is 10.1. The van der Waals surface area contributed by atoms with Crippen LogP contribution in [-0.4, -0.2) is 68.3 Å². The molecule has 0 saturated carbocycles. The fraction of sp³-hybridized carbons (Fsp3) is 0.600. The second kappa shape index (κ2) is 11.4. The standard InChI is InChI=1S/C20H33N5O3/c1-4-9-22-19(27)14-25-10-7-16(8-11-25)24-20(21-2)23-13-15-12-17(28-3)5-6-18(15)26/h5-6,12,16,26H,4,7-11,13-14H2,1-3H3,(H,22,27)(H2,21,23,24). The number of aromatic hydroxyl groups is 1. The smallest absolute Gasteiger partial charge is 0.234 e. The molecule has 0 aliphatic carbocycles.